The van der Waals surface area contributed by atoms with Gasteiger partial charge in [-0.15, -0.1) is 0 Å². The number of rotatable bonds is 4. The van der Waals surface area contributed by atoms with Gasteiger partial charge in [0.1, 0.15) is 5.82 Å². The molecule has 1 amide bonds. The van der Waals surface area contributed by atoms with Gasteiger partial charge >= 0.3 is 0 Å². The number of sulfonamides is 1. The molecule has 7 heteroatoms. The number of hydrogen-bond acceptors (Lipinski definition) is 3. The molecule has 2 rings (SSSR count). The summed E-state index contributed by atoms with van der Waals surface area (Å²) in [5.41, 5.74) is 0. The van der Waals surface area contributed by atoms with Crippen molar-refractivity contribution in [3.63, 3.8) is 0 Å². The molecule has 20 heavy (non-hydrogen) atoms. The van der Waals surface area contributed by atoms with Crippen LogP contribution < -0.4 is 4.72 Å². The molecule has 0 unspecified atom stereocenters. The van der Waals surface area contributed by atoms with Crippen molar-refractivity contribution in [2.75, 3.05) is 13.1 Å². The second-order valence-electron chi connectivity index (χ2n) is 4.83. The normalized spacial score (nSPS) is 17.2. The van der Waals surface area contributed by atoms with E-state index in [1.165, 1.54) is 19.1 Å². The van der Waals surface area contributed by atoms with Gasteiger partial charge in [-0.2, -0.15) is 4.72 Å². The first kappa shape index (κ1) is 14.9. The predicted molar refractivity (Wildman–Crippen MR) is 72.0 cm³/mol. The van der Waals surface area contributed by atoms with E-state index >= 15 is 0 Å². The van der Waals surface area contributed by atoms with Crippen molar-refractivity contribution in [2.24, 2.45) is 0 Å². The van der Waals surface area contributed by atoms with Crippen LogP contribution in [0, 0.1) is 5.82 Å². The predicted octanol–water partition coefficient (Wildman–Crippen LogP) is 1.11. The summed E-state index contributed by atoms with van der Waals surface area (Å²) in [6, 6.07) is 3.65. The zero-order valence-corrected chi connectivity index (χ0v) is 12.0. The number of likely N-dealkylation sites (tertiary alicyclic amines) is 1. The summed E-state index contributed by atoms with van der Waals surface area (Å²) < 4.78 is 39.3. The smallest absolute Gasteiger partial charge is 0.241 e. The van der Waals surface area contributed by atoms with Gasteiger partial charge in [0.25, 0.3) is 0 Å². The number of carbonyl (C=O) groups excluding carboxylic acids is 1. The molecule has 1 aliphatic rings. The first-order valence-electron chi connectivity index (χ1n) is 6.47. The summed E-state index contributed by atoms with van der Waals surface area (Å²) in [6.45, 7) is 2.85. The Hall–Kier alpha value is -1.47. The van der Waals surface area contributed by atoms with E-state index in [1.54, 1.807) is 4.90 Å². The molecule has 0 saturated carbocycles. The molecule has 1 fully saturated rings. The van der Waals surface area contributed by atoms with Gasteiger partial charge in [0.05, 0.1) is 10.9 Å². The van der Waals surface area contributed by atoms with Crippen LogP contribution in [0.2, 0.25) is 0 Å². The average Bonchev–Trinajstić information content (AvgIpc) is 2.91. The molecular weight excluding hydrogens is 283 g/mol. The number of nitrogens with one attached hydrogen (secondary N) is 1. The molecule has 0 spiro atoms. The van der Waals surface area contributed by atoms with Gasteiger partial charge in [-0.25, -0.2) is 12.8 Å². The fourth-order valence-electron chi connectivity index (χ4n) is 2.18. The lowest BCUT2D eigenvalue weighted by Gasteiger charge is -2.21. The molecule has 1 N–H and O–H groups in total. The van der Waals surface area contributed by atoms with Crippen molar-refractivity contribution >= 4 is 15.9 Å². The summed E-state index contributed by atoms with van der Waals surface area (Å²) in [5, 5.41) is 0. The third-order valence-electron chi connectivity index (χ3n) is 3.24. The molecule has 110 valence electrons. The molecule has 1 aromatic carbocycles. The van der Waals surface area contributed by atoms with Crippen LogP contribution in [0.25, 0.3) is 0 Å². The Morgan fingerprint density at radius 3 is 2.35 bits per heavy atom. The fourth-order valence-corrected chi connectivity index (χ4v) is 3.37. The standard InChI is InChI=1S/C13H17FN2O3S/c1-10(13(17)16-8-2-3-9-16)15-20(18,19)12-6-4-11(14)5-7-12/h4-7,10,15H,2-3,8-9H2,1H3/t10-/m1/s1. The second kappa shape index (κ2) is 5.88. The fraction of sp³-hybridized carbons (Fsp3) is 0.462. The van der Waals surface area contributed by atoms with Crippen molar-refractivity contribution in [1.29, 1.82) is 0 Å². The molecule has 5 nitrogen and oxygen atoms in total. The first-order chi connectivity index (χ1) is 9.40. The molecule has 1 aliphatic heterocycles. The number of halogens is 1. The van der Waals surface area contributed by atoms with Crippen LogP contribution in [0.5, 0.6) is 0 Å². The van der Waals surface area contributed by atoms with E-state index in [2.05, 4.69) is 4.72 Å². The highest BCUT2D eigenvalue weighted by atomic mass is 32.2. The van der Waals surface area contributed by atoms with Crippen molar-refractivity contribution in [2.45, 2.75) is 30.7 Å². The largest absolute Gasteiger partial charge is 0.341 e. The highest BCUT2D eigenvalue weighted by molar-refractivity contribution is 7.89. The summed E-state index contributed by atoms with van der Waals surface area (Å²) in [4.78, 5) is 13.6. The van der Waals surface area contributed by atoms with Crippen molar-refractivity contribution < 1.29 is 17.6 Å². The maximum Gasteiger partial charge on any atom is 0.241 e. The van der Waals surface area contributed by atoms with Crippen LogP contribution in [0.3, 0.4) is 0 Å². The quantitative estimate of drug-likeness (QED) is 0.906. The maximum atomic E-state index is 12.8. The minimum absolute atomic E-state index is 0.0556. The second-order valence-corrected chi connectivity index (χ2v) is 6.54. The summed E-state index contributed by atoms with van der Waals surface area (Å²) >= 11 is 0. The molecule has 1 heterocycles. The lowest BCUT2D eigenvalue weighted by molar-refractivity contribution is -0.131. The highest BCUT2D eigenvalue weighted by Crippen LogP contribution is 2.13. The Morgan fingerprint density at radius 1 is 1.25 bits per heavy atom. The summed E-state index contributed by atoms with van der Waals surface area (Å²) in [5.74, 6) is -0.738. The Bertz CT molecular complexity index is 580. The number of carbonyl (C=O) groups is 1. The van der Waals surface area contributed by atoms with Gasteiger partial charge in [-0.1, -0.05) is 0 Å². The van der Waals surface area contributed by atoms with Crippen LogP contribution in [-0.2, 0) is 14.8 Å². The summed E-state index contributed by atoms with van der Waals surface area (Å²) in [6.07, 6.45) is 1.90. The lowest BCUT2D eigenvalue weighted by Crippen LogP contribution is -2.45. The summed E-state index contributed by atoms with van der Waals surface area (Å²) in [7, 11) is -3.82. The van der Waals surface area contributed by atoms with E-state index in [4.69, 9.17) is 0 Å². The molecule has 0 aromatic heterocycles. The van der Waals surface area contributed by atoms with Gasteiger partial charge in [-0.05, 0) is 44.0 Å². The number of hydrogen-bond donors (Lipinski definition) is 1. The minimum Gasteiger partial charge on any atom is -0.341 e. The molecule has 0 radical (unpaired) electrons. The van der Waals surface area contributed by atoms with Gasteiger partial charge in [0.15, 0.2) is 0 Å². The Balaban J connectivity index is 2.07. The monoisotopic (exact) mass is 300 g/mol. The van der Waals surface area contributed by atoms with Gasteiger partial charge in [-0.3, -0.25) is 4.79 Å². The lowest BCUT2D eigenvalue weighted by atomic mass is 10.3. The zero-order chi connectivity index (χ0) is 14.8. The Kier molecular flexibility index (Phi) is 4.39. The van der Waals surface area contributed by atoms with Crippen LogP contribution in [0.1, 0.15) is 19.8 Å². The van der Waals surface area contributed by atoms with E-state index in [0.717, 1.165) is 25.0 Å². The number of benzene rings is 1. The minimum atomic E-state index is -3.82. The van der Waals surface area contributed by atoms with E-state index in [9.17, 15) is 17.6 Å². The first-order valence-corrected chi connectivity index (χ1v) is 7.95. The van der Waals surface area contributed by atoms with Gasteiger partial charge in [0.2, 0.25) is 15.9 Å². The highest BCUT2D eigenvalue weighted by Gasteiger charge is 2.27. The van der Waals surface area contributed by atoms with E-state index in [-0.39, 0.29) is 10.8 Å². The number of amides is 1. The van der Waals surface area contributed by atoms with E-state index in [1.807, 2.05) is 0 Å². The van der Waals surface area contributed by atoms with Crippen molar-refractivity contribution in [3.05, 3.63) is 30.1 Å². The maximum absolute atomic E-state index is 12.8. The van der Waals surface area contributed by atoms with Crippen LogP contribution in [0.15, 0.2) is 29.2 Å². The molecule has 0 aliphatic carbocycles. The zero-order valence-electron chi connectivity index (χ0n) is 11.2. The van der Waals surface area contributed by atoms with E-state index < -0.39 is 21.9 Å². The van der Waals surface area contributed by atoms with E-state index in [0.29, 0.717) is 13.1 Å². The van der Waals surface area contributed by atoms with Crippen LogP contribution in [0.4, 0.5) is 4.39 Å². The molecular formula is C13H17FN2O3S. The van der Waals surface area contributed by atoms with Crippen molar-refractivity contribution in [1.82, 2.24) is 9.62 Å². The molecule has 0 bridgehead atoms. The SMILES string of the molecule is C[C@@H](NS(=O)(=O)c1ccc(F)cc1)C(=O)N1CCCC1. The van der Waals surface area contributed by atoms with Gasteiger partial charge < -0.3 is 4.90 Å². The van der Waals surface area contributed by atoms with Gasteiger partial charge in [0, 0.05) is 13.1 Å². The van der Waals surface area contributed by atoms with Crippen LogP contribution in [-0.4, -0.2) is 38.4 Å². The molecule has 1 aromatic rings. The van der Waals surface area contributed by atoms with Crippen LogP contribution >= 0.6 is 0 Å². The average molecular weight is 300 g/mol. The Morgan fingerprint density at radius 2 is 1.80 bits per heavy atom. The third kappa shape index (κ3) is 3.34. The third-order valence-corrected chi connectivity index (χ3v) is 4.80. The number of nitrogens with zero attached hydrogens (tertiary/aromatic N) is 1. The molecule has 1 atom stereocenters. The van der Waals surface area contributed by atoms with Crippen molar-refractivity contribution in [3.8, 4) is 0 Å². The molecule has 1 saturated heterocycles. The Labute approximate surface area is 117 Å². The topological polar surface area (TPSA) is 66.5 Å².